The van der Waals surface area contributed by atoms with Crippen molar-refractivity contribution in [1.29, 1.82) is 0 Å². The van der Waals surface area contributed by atoms with Gasteiger partial charge in [-0.3, -0.25) is 9.67 Å². The molecule has 3 heterocycles. The standard InChI is InChI=1S/C22H30N6O.HI/c1-3-23-22(28-13-14-29-21(17-28)19-15-25-26(2)16-19)24-10-6-11-27-12-9-18-7-4-5-8-20(18)27;/h4-5,7-9,12,15-16,21H,3,6,10-11,13-14,17H2,1-2H3,(H,23,24);1H. The molecule has 1 aliphatic heterocycles. The minimum absolute atomic E-state index is 0. The van der Waals surface area contributed by atoms with Crippen molar-refractivity contribution in [3.05, 3.63) is 54.5 Å². The largest absolute Gasteiger partial charge is 0.370 e. The normalized spacial score (nSPS) is 17.2. The highest BCUT2D eigenvalue weighted by atomic mass is 127. The molecule has 0 amide bonds. The number of benzene rings is 1. The molecule has 2 aromatic heterocycles. The van der Waals surface area contributed by atoms with Crippen LogP contribution in [0.1, 0.15) is 25.0 Å². The van der Waals surface area contributed by atoms with Crippen LogP contribution in [0.4, 0.5) is 0 Å². The highest BCUT2D eigenvalue weighted by Gasteiger charge is 2.25. The highest BCUT2D eigenvalue weighted by Crippen LogP contribution is 2.21. The molecule has 1 aromatic carbocycles. The Balaban J connectivity index is 0.00000256. The number of rotatable bonds is 6. The van der Waals surface area contributed by atoms with Crippen molar-refractivity contribution in [2.45, 2.75) is 26.0 Å². The minimum Gasteiger partial charge on any atom is -0.370 e. The quantitative estimate of drug-likeness (QED) is 0.233. The van der Waals surface area contributed by atoms with Gasteiger partial charge in [-0.05, 0) is 30.9 Å². The fourth-order valence-corrected chi connectivity index (χ4v) is 3.84. The van der Waals surface area contributed by atoms with Gasteiger partial charge < -0.3 is 19.5 Å². The Labute approximate surface area is 195 Å². The van der Waals surface area contributed by atoms with E-state index in [0.29, 0.717) is 6.61 Å². The predicted octanol–water partition coefficient (Wildman–Crippen LogP) is 3.42. The van der Waals surface area contributed by atoms with E-state index in [1.807, 2.05) is 24.1 Å². The van der Waals surface area contributed by atoms with E-state index >= 15 is 0 Å². The number of guanidine groups is 1. The first kappa shape index (κ1) is 22.6. The Kier molecular flexibility index (Phi) is 8.15. The molecule has 1 saturated heterocycles. The average Bonchev–Trinajstić information content (AvgIpc) is 3.37. The Hall–Kier alpha value is -2.07. The number of morpholine rings is 1. The number of nitrogens with zero attached hydrogens (tertiary/aromatic N) is 5. The third kappa shape index (κ3) is 5.34. The second-order valence-corrected chi connectivity index (χ2v) is 7.41. The number of aromatic nitrogens is 3. The second kappa shape index (κ2) is 10.8. The third-order valence-corrected chi connectivity index (χ3v) is 5.30. The summed E-state index contributed by atoms with van der Waals surface area (Å²) in [4.78, 5) is 7.19. The number of ether oxygens (including phenoxy) is 1. The van der Waals surface area contributed by atoms with Crippen LogP contribution >= 0.6 is 24.0 Å². The minimum atomic E-state index is 0. The van der Waals surface area contributed by atoms with E-state index in [1.165, 1.54) is 10.9 Å². The van der Waals surface area contributed by atoms with Crippen molar-refractivity contribution < 1.29 is 4.74 Å². The first-order valence-electron chi connectivity index (χ1n) is 10.4. The van der Waals surface area contributed by atoms with Gasteiger partial charge in [0.25, 0.3) is 0 Å². The van der Waals surface area contributed by atoms with Gasteiger partial charge in [0.2, 0.25) is 0 Å². The molecule has 0 radical (unpaired) electrons. The lowest BCUT2D eigenvalue weighted by molar-refractivity contribution is -0.00804. The van der Waals surface area contributed by atoms with E-state index in [0.717, 1.165) is 50.7 Å². The molecule has 1 fully saturated rings. The monoisotopic (exact) mass is 522 g/mol. The lowest BCUT2D eigenvalue weighted by Crippen LogP contribution is -2.48. The zero-order chi connectivity index (χ0) is 20.1. The average molecular weight is 522 g/mol. The van der Waals surface area contributed by atoms with Gasteiger partial charge in [-0.2, -0.15) is 5.10 Å². The van der Waals surface area contributed by atoms with Crippen LogP contribution in [0, 0.1) is 0 Å². The van der Waals surface area contributed by atoms with E-state index in [2.05, 4.69) is 63.3 Å². The molecule has 1 unspecified atom stereocenters. The SMILES string of the molecule is CCNC(=NCCCn1ccc2ccccc21)N1CCOC(c2cnn(C)c2)C1.I. The summed E-state index contributed by atoms with van der Waals surface area (Å²) < 4.78 is 10.1. The van der Waals surface area contributed by atoms with Crippen LogP contribution in [0.3, 0.4) is 0 Å². The van der Waals surface area contributed by atoms with Crippen molar-refractivity contribution in [1.82, 2.24) is 24.6 Å². The fraction of sp³-hybridized carbons (Fsp3) is 0.455. The van der Waals surface area contributed by atoms with Gasteiger partial charge in [0.1, 0.15) is 6.10 Å². The number of aryl methyl sites for hydroxylation is 2. The van der Waals surface area contributed by atoms with E-state index in [1.54, 1.807) is 0 Å². The molecule has 3 aromatic rings. The number of halogens is 1. The van der Waals surface area contributed by atoms with Crippen LogP contribution in [-0.2, 0) is 18.3 Å². The Bertz CT molecular complexity index is 965. The molecule has 0 bridgehead atoms. The summed E-state index contributed by atoms with van der Waals surface area (Å²) in [6, 6.07) is 10.7. The summed E-state index contributed by atoms with van der Waals surface area (Å²) in [6.45, 7) is 7.07. The maximum atomic E-state index is 5.97. The Morgan fingerprint density at radius 1 is 1.30 bits per heavy atom. The van der Waals surface area contributed by atoms with Gasteiger partial charge in [0.05, 0.1) is 19.3 Å². The molecular weight excluding hydrogens is 491 g/mol. The van der Waals surface area contributed by atoms with Crippen LogP contribution in [0.15, 0.2) is 53.9 Å². The smallest absolute Gasteiger partial charge is 0.194 e. The Morgan fingerprint density at radius 2 is 2.17 bits per heavy atom. The summed E-state index contributed by atoms with van der Waals surface area (Å²) in [5, 5.41) is 9.01. The van der Waals surface area contributed by atoms with Gasteiger partial charge in [0, 0.05) is 56.7 Å². The molecular formula is C22H31IN6O. The van der Waals surface area contributed by atoms with Gasteiger partial charge in [0.15, 0.2) is 5.96 Å². The molecule has 30 heavy (non-hydrogen) atoms. The summed E-state index contributed by atoms with van der Waals surface area (Å²) in [5.74, 6) is 0.974. The van der Waals surface area contributed by atoms with Crippen molar-refractivity contribution in [3.8, 4) is 0 Å². The predicted molar refractivity (Wildman–Crippen MR) is 131 cm³/mol. The summed E-state index contributed by atoms with van der Waals surface area (Å²) in [5.41, 5.74) is 2.41. The highest BCUT2D eigenvalue weighted by molar-refractivity contribution is 14.0. The number of fused-ring (bicyclic) bond motifs is 1. The first-order chi connectivity index (χ1) is 14.2. The van der Waals surface area contributed by atoms with Crippen LogP contribution < -0.4 is 5.32 Å². The van der Waals surface area contributed by atoms with Crippen molar-refractivity contribution in [2.75, 3.05) is 32.8 Å². The van der Waals surface area contributed by atoms with E-state index in [4.69, 9.17) is 9.73 Å². The van der Waals surface area contributed by atoms with E-state index < -0.39 is 0 Å². The molecule has 162 valence electrons. The van der Waals surface area contributed by atoms with Gasteiger partial charge in [-0.25, -0.2) is 0 Å². The van der Waals surface area contributed by atoms with Gasteiger partial charge in [-0.1, -0.05) is 18.2 Å². The van der Waals surface area contributed by atoms with E-state index in [9.17, 15) is 0 Å². The van der Waals surface area contributed by atoms with Gasteiger partial charge in [-0.15, -0.1) is 24.0 Å². The maximum absolute atomic E-state index is 5.97. The zero-order valence-corrected chi connectivity index (χ0v) is 20.0. The molecule has 7 nitrogen and oxygen atoms in total. The Morgan fingerprint density at radius 3 is 2.97 bits per heavy atom. The van der Waals surface area contributed by atoms with Gasteiger partial charge >= 0.3 is 0 Å². The molecule has 8 heteroatoms. The fourth-order valence-electron chi connectivity index (χ4n) is 3.84. The number of para-hydroxylation sites is 1. The lowest BCUT2D eigenvalue weighted by atomic mass is 10.1. The molecule has 0 aliphatic carbocycles. The topological polar surface area (TPSA) is 59.6 Å². The number of aliphatic imine (C=N–C) groups is 1. The molecule has 0 spiro atoms. The second-order valence-electron chi connectivity index (χ2n) is 7.41. The van der Waals surface area contributed by atoms with E-state index in [-0.39, 0.29) is 30.1 Å². The summed E-state index contributed by atoms with van der Waals surface area (Å²) >= 11 is 0. The van der Waals surface area contributed by atoms with Crippen molar-refractivity contribution in [3.63, 3.8) is 0 Å². The number of hydrogen-bond donors (Lipinski definition) is 1. The van der Waals surface area contributed by atoms with Crippen LogP contribution in [0.2, 0.25) is 0 Å². The lowest BCUT2D eigenvalue weighted by Gasteiger charge is -2.34. The van der Waals surface area contributed by atoms with Crippen LogP contribution in [0.5, 0.6) is 0 Å². The van der Waals surface area contributed by atoms with Crippen LogP contribution in [0.25, 0.3) is 10.9 Å². The number of hydrogen-bond acceptors (Lipinski definition) is 3. The number of nitrogens with one attached hydrogen (secondary N) is 1. The molecule has 0 saturated carbocycles. The van der Waals surface area contributed by atoms with Crippen LogP contribution in [-0.4, -0.2) is 58.0 Å². The molecule has 1 atom stereocenters. The molecule has 4 rings (SSSR count). The third-order valence-electron chi connectivity index (χ3n) is 5.30. The summed E-state index contributed by atoms with van der Waals surface area (Å²) in [7, 11) is 1.93. The molecule has 1 aliphatic rings. The zero-order valence-electron chi connectivity index (χ0n) is 17.7. The summed E-state index contributed by atoms with van der Waals surface area (Å²) in [6.07, 6.45) is 7.12. The first-order valence-corrected chi connectivity index (χ1v) is 10.4. The van der Waals surface area contributed by atoms with Crippen molar-refractivity contribution in [2.24, 2.45) is 12.0 Å². The molecule has 1 N–H and O–H groups in total. The maximum Gasteiger partial charge on any atom is 0.194 e. The van der Waals surface area contributed by atoms with Crippen molar-refractivity contribution >= 4 is 40.8 Å².